The summed E-state index contributed by atoms with van der Waals surface area (Å²) in [6.07, 6.45) is 8.67. The molecule has 0 spiro atoms. The Kier molecular flexibility index (Phi) is 7.49. The van der Waals surface area contributed by atoms with Crippen molar-refractivity contribution in [1.29, 1.82) is 0 Å². The van der Waals surface area contributed by atoms with Crippen LogP contribution in [0.25, 0.3) is 0 Å². The third-order valence-corrected chi connectivity index (χ3v) is 3.66. The predicted octanol–water partition coefficient (Wildman–Crippen LogP) is 3.47. The zero-order valence-electron chi connectivity index (χ0n) is 11.1. The highest BCUT2D eigenvalue weighted by Crippen LogP contribution is 2.20. The average molecular weight is 267 g/mol. The van der Waals surface area contributed by atoms with Gasteiger partial charge >= 0.3 is 5.97 Å². The first kappa shape index (κ1) is 15.0. The molecule has 0 saturated heterocycles. The molecule has 0 aliphatic rings. The number of rotatable bonds is 8. The summed E-state index contributed by atoms with van der Waals surface area (Å²) < 4.78 is 4.61. The molecule has 0 aliphatic carbocycles. The van der Waals surface area contributed by atoms with Crippen LogP contribution in [0, 0.1) is 0 Å². The van der Waals surface area contributed by atoms with Crippen molar-refractivity contribution >= 4 is 17.7 Å². The number of nitrogens with zero attached hydrogens (tertiary/aromatic N) is 1. The van der Waals surface area contributed by atoms with E-state index < -0.39 is 0 Å². The number of aryl methyl sites for hydroxylation is 1. The second-order valence-corrected chi connectivity index (χ2v) is 5.33. The highest BCUT2D eigenvalue weighted by atomic mass is 32.2. The predicted molar refractivity (Wildman–Crippen MR) is 74.8 cm³/mol. The van der Waals surface area contributed by atoms with Gasteiger partial charge in [0.25, 0.3) is 0 Å². The molecule has 0 atom stereocenters. The number of methoxy groups -OCH3 is 1. The minimum Gasteiger partial charge on any atom is -0.469 e. The van der Waals surface area contributed by atoms with E-state index >= 15 is 0 Å². The topological polar surface area (TPSA) is 39.2 Å². The number of carbonyl (C=O) groups excluding carboxylic acids is 1. The maximum atomic E-state index is 11.0. The third kappa shape index (κ3) is 6.05. The average Bonchev–Trinajstić information content (AvgIpc) is 2.41. The molecule has 1 aromatic heterocycles. The van der Waals surface area contributed by atoms with Crippen LogP contribution in [0.3, 0.4) is 0 Å². The highest BCUT2D eigenvalue weighted by Gasteiger charge is 2.01. The second kappa shape index (κ2) is 8.97. The molecule has 0 unspecified atom stereocenters. The summed E-state index contributed by atoms with van der Waals surface area (Å²) >= 11 is 1.75. The lowest BCUT2D eigenvalue weighted by molar-refractivity contribution is -0.140. The van der Waals surface area contributed by atoms with E-state index in [1.807, 2.05) is 12.4 Å². The Balaban J connectivity index is 2.31. The van der Waals surface area contributed by atoms with E-state index in [-0.39, 0.29) is 5.97 Å². The number of esters is 1. The van der Waals surface area contributed by atoms with Crippen molar-refractivity contribution in [2.24, 2.45) is 0 Å². The fraction of sp³-hybridized carbons (Fsp3) is 0.571. The number of ether oxygens (including phenoxy) is 1. The highest BCUT2D eigenvalue weighted by molar-refractivity contribution is 7.99. The Hall–Kier alpha value is -1.03. The molecule has 3 nitrogen and oxygen atoms in total. The van der Waals surface area contributed by atoms with Crippen LogP contribution in [0.2, 0.25) is 0 Å². The van der Waals surface area contributed by atoms with Crippen molar-refractivity contribution in [3.05, 3.63) is 24.0 Å². The zero-order chi connectivity index (χ0) is 13.2. The molecule has 0 amide bonds. The van der Waals surface area contributed by atoms with Crippen molar-refractivity contribution in [3.63, 3.8) is 0 Å². The smallest absolute Gasteiger partial charge is 0.305 e. The van der Waals surface area contributed by atoms with Crippen molar-refractivity contribution in [2.75, 3.05) is 12.9 Å². The van der Waals surface area contributed by atoms with Gasteiger partial charge in [0.2, 0.25) is 0 Å². The van der Waals surface area contributed by atoms with E-state index in [4.69, 9.17) is 0 Å². The molecule has 0 radical (unpaired) electrons. The fourth-order valence-electron chi connectivity index (χ4n) is 1.57. The number of thioether (sulfide) groups is 1. The molecule has 1 aromatic rings. The first-order valence-electron chi connectivity index (χ1n) is 6.39. The fourth-order valence-corrected chi connectivity index (χ4v) is 2.46. The summed E-state index contributed by atoms with van der Waals surface area (Å²) in [5, 5.41) is 0. The molecule has 0 N–H and O–H groups in total. The van der Waals surface area contributed by atoms with E-state index in [1.54, 1.807) is 11.8 Å². The summed E-state index contributed by atoms with van der Waals surface area (Å²) in [6.45, 7) is 2.19. The van der Waals surface area contributed by atoms with Crippen LogP contribution in [-0.4, -0.2) is 23.8 Å². The van der Waals surface area contributed by atoms with Gasteiger partial charge in [0.1, 0.15) is 0 Å². The molecule has 0 aromatic carbocycles. The second-order valence-electron chi connectivity index (χ2n) is 4.16. The Bertz CT molecular complexity index is 369. The molecule has 100 valence electrons. The molecule has 0 fully saturated rings. The van der Waals surface area contributed by atoms with Crippen LogP contribution < -0.4 is 0 Å². The number of hydrogen-bond acceptors (Lipinski definition) is 4. The molecule has 1 heterocycles. The molecule has 4 heteroatoms. The van der Waals surface area contributed by atoms with Gasteiger partial charge in [-0.1, -0.05) is 13.3 Å². The minimum absolute atomic E-state index is 0.134. The van der Waals surface area contributed by atoms with Crippen LogP contribution in [0.1, 0.15) is 38.2 Å². The first-order valence-corrected chi connectivity index (χ1v) is 7.38. The first-order chi connectivity index (χ1) is 8.76. The van der Waals surface area contributed by atoms with Crippen LogP contribution >= 0.6 is 11.8 Å². The van der Waals surface area contributed by atoms with E-state index in [9.17, 15) is 4.79 Å². The summed E-state index contributed by atoms with van der Waals surface area (Å²) in [5.74, 6) is 0.791. The van der Waals surface area contributed by atoms with E-state index in [1.165, 1.54) is 30.4 Å². The summed E-state index contributed by atoms with van der Waals surface area (Å²) in [4.78, 5) is 16.4. The molecule has 1 rings (SSSR count). The lowest BCUT2D eigenvalue weighted by Crippen LogP contribution is -2.00. The van der Waals surface area contributed by atoms with Gasteiger partial charge in [0.05, 0.1) is 7.11 Å². The summed E-state index contributed by atoms with van der Waals surface area (Å²) in [7, 11) is 1.43. The van der Waals surface area contributed by atoms with Gasteiger partial charge in [0, 0.05) is 23.7 Å². The van der Waals surface area contributed by atoms with Gasteiger partial charge in [-0.2, -0.15) is 0 Å². The maximum absolute atomic E-state index is 11.0. The Morgan fingerprint density at radius 3 is 2.94 bits per heavy atom. The van der Waals surface area contributed by atoms with Gasteiger partial charge in [-0.25, -0.2) is 0 Å². The Morgan fingerprint density at radius 2 is 2.22 bits per heavy atom. The summed E-state index contributed by atoms with van der Waals surface area (Å²) in [5.41, 5.74) is 1.30. The largest absolute Gasteiger partial charge is 0.469 e. The van der Waals surface area contributed by atoms with E-state index in [0.29, 0.717) is 6.42 Å². The van der Waals surface area contributed by atoms with Crippen molar-refractivity contribution in [2.45, 2.75) is 43.9 Å². The van der Waals surface area contributed by atoms with Crippen molar-refractivity contribution in [3.8, 4) is 0 Å². The standard InChI is InChI=1S/C14H21NO2S/c1-3-4-6-12-9-13(11-15-10-12)18-8-5-7-14(16)17-2/h9-11H,3-8H2,1-2H3. The number of aromatic nitrogens is 1. The number of pyridine rings is 1. The Morgan fingerprint density at radius 1 is 1.39 bits per heavy atom. The van der Waals surface area contributed by atoms with Gasteiger partial charge in [-0.05, 0) is 36.6 Å². The molecule has 0 aliphatic heterocycles. The number of unbranched alkanes of at least 4 members (excludes halogenated alkanes) is 1. The maximum Gasteiger partial charge on any atom is 0.305 e. The molecular formula is C14H21NO2S. The zero-order valence-corrected chi connectivity index (χ0v) is 12.0. The van der Waals surface area contributed by atoms with Crippen LogP contribution in [0.4, 0.5) is 0 Å². The van der Waals surface area contributed by atoms with Gasteiger partial charge in [-0.3, -0.25) is 9.78 Å². The number of carbonyl (C=O) groups is 1. The summed E-state index contributed by atoms with van der Waals surface area (Å²) in [6, 6.07) is 2.20. The molecule has 18 heavy (non-hydrogen) atoms. The number of hydrogen-bond donors (Lipinski definition) is 0. The van der Waals surface area contributed by atoms with Gasteiger partial charge in [-0.15, -0.1) is 11.8 Å². The Labute approximate surface area is 113 Å². The van der Waals surface area contributed by atoms with Crippen LogP contribution in [-0.2, 0) is 16.0 Å². The van der Waals surface area contributed by atoms with Gasteiger partial charge < -0.3 is 4.74 Å². The van der Waals surface area contributed by atoms with E-state index in [0.717, 1.165) is 18.6 Å². The van der Waals surface area contributed by atoms with Crippen molar-refractivity contribution in [1.82, 2.24) is 4.98 Å². The normalized spacial score (nSPS) is 10.3. The molecule has 0 saturated carbocycles. The lowest BCUT2D eigenvalue weighted by atomic mass is 10.1. The quantitative estimate of drug-likeness (QED) is 0.411. The third-order valence-electron chi connectivity index (χ3n) is 2.61. The van der Waals surface area contributed by atoms with E-state index in [2.05, 4.69) is 22.7 Å². The molecular weight excluding hydrogens is 246 g/mol. The SMILES string of the molecule is CCCCc1cncc(SCCCC(=O)OC)c1. The van der Waals surface area contributed by atoms with Crippen LogP contribution in [0.5, 0.6) is 0 Å². The monoisotopic (exact) mass is 267 g/mol. The van der Waals surface area contributed by atoms with Gasteiger partial charge in [0.15, 0.2) is 0 Å². The minimum atomic E-state index is -0.134. The molecule has 0 bridgehead atoms. The van der Waals surface area contributed by atoms with Crippen LogP contribution in [0.15, 0.2) is 23.4 Å². The lowest BCUT2D eigenvalue weighted by Gasteiger charge is -2.04. The van der Waals surface area contributed by atoms with Crippen molar-refractivity contribution < 1.29 is 9.53 Å².